The molecule has 0 aromatic carbocycles. The Morgan fingerprint density at radius 3 is 2.64 bits per heavy atom. The van der Waals surface area contributed by atoms with Crippen LogP contribution in [0.4, 0.5) is 0 Å². The molecule has 1 heterocycles. The molecule has 4 heteroatoms. The van der Waals surface area contributed by atoms with Gasteiger partial charge in [-0.2, -0.15) is 0 Å². The fraction of sp³-hybridized carbons (Fsp3) is 0.900. The Labute approximate surface area is 89.4 Å². The summed E-state index contributed by atoms with van der Waals surface area (Å²) in [7, 11) is 0. The van der Waals surface area contributed by atoms with Gasteiger partial charge in [0.15, 0.2) is 0 Å². The summed E-state index contributed by atoms with van der Waals surface area (Å²) in [6.07, 6.45) is 4.79. The summed E-state index contributed by atoms with van der Waals surface area (Å²) >= 11 is 1.81. The van der Waals surface area contributed by atoms with Crippen LogP contribution in [-0.4, -0.2) is 36.0 Å². The average Bonchev–Trinajstić information content (AvgIpc) is 3.00. The van der Waals surface area contributed by atoms with Crippen molar-refractivity contribution in [3.63, 3.8) is 0 Å². The van der Waals surface area contributed by atoms with Crippen LogP contribution < -0.4 is 10.6 Å². The topological polar surface area (TPSA) is 41.1 Å². The van der Waals surface area contributed by atoms with Crippen molar-refractivity contribution in [2.24, 2.45) is 0 Å². The van der Waals surface area contributed by atoms with Gasteiger partial charge >= 0.3 is 0 Å². The first kappa shape index (κ1) is 10.3. The second-order valence-electron chi connectivity index (χ2n) is 4.10. The molecule has 0 radical (unpaired) electrons. The molecule has 0 bridgehead atoms. The van der Waals surface area contributed by atoms with Gasteiger partial charge in [0.2, 0.25) is 5.91 Å². The second kappa shape index (κ2) is 5.03. The van der Waals surface area contributed by atoms with Gasteiger partial charge < -0.3 is 10.6 Å². The zero-order chi connectivity index (χ0) is 9.80. The van der Waals surface area contributed by atoms with Gasteiger partial charge in [0, 0.05) is 11.3 Å². The fourth-order valence-electron chi connectivity index (χ4n) is 1.66. The highest BCUT2D eigenvalue weighted by Gasteiger charge is 2.23. The number of nitrogens with one attached hydrogen (secondary N) is 2. The molecule has 3 nitrogen and oxygen atoms in total. The quantitative estimate of drug-likeness (QED) is 0.725. The number of amides is 1. The predicted molar refractivity (Wildman–Crippen MR) is 59.5 cm³/mol. The maximum atomic E-state index is 11.5. The number of carbonyl (C=O) groups excluding carboxylic acids is 1. The number of rotatable bonds is 4. The lowest BCUT2D eigenvalue weighted by atomic mass is 10.1. The Bertz CT molecular complexity index is 200. The predicted octanol–water partition coefficient (Wildman–Crippen LogP) is 0.750. The molecule has 1 aliphatic heterocycles. The van der Waals surface area contributed by atoms with Crippen LogP contribution in [0.25, 0.3) is 0 Å². The third-order valence-corrected chi connectivity index (χ3v) is 4.05. The van der Waals surface area contributed by atoms with Crippen molar-refractivity contribution in [1.82, 2.24) is 10.6 Å². The van der Waals surface area contributed by atoms with E-state index in [0.29, 0.717) is 11.8 Å². The Morgan fingerprint density at radius 2 is 2.00 bits per heavy atom. The summed E-state index contributed by atoms with van der Waals surface area (Å²) in [5.74, 6) is 0.892. The Hall–Kier alpha value is -0.220. The molecule has 0 unspecified atom stereocenters. The van der Waals surface area contributed by atoms with Gasteiger partial charge in [-0.3, -0.25) is 4.79 Å². The van der Waals surface area contributed by atoms with E-state index in [-0.39, 0.29) is 5.91 Å². The number of hydrogen-bond donors (Lipinski definition) is 2. The molecule has 2 fully saturated rings. The molecule has 14 heavy (non-hydrogen) atoms. The molecule has 0 aromatic heterocycles. The number of carbonyl (C=O) groups is 1. The van der Waals surface area contributed by atoms with E-state index in [4.69, 9.17) is 0 Å². The Morgan fingerprint density at radius 1 is 1.29 bits per heavy atom. The molecule has 2 rings (SSSR count). The minimum absolute atomic E-state index is 0.230. The van der Waals surface area contributed by atoms with Crippen molar-refractivity contribution < 1.29 is 4.79 Å². The third kappa shape index (κ3) is 3.50. The summed E-state index contributed by atoms with van der Waals surface area (Å²) in [4.78, 5) is 11.5. The van der Waals surface area contributed by atoms with Crippen LogP contribution in [0.3, 0.4) is 0 Å². The molecule has 1 saturated heterocycles. The average molecular weight is 214 g/mol. The number of piperidine rings is 1. The van der Waals surface area contributed by atoms with E-state index in [1.807, 2.05) is 11.8 Å². The van der Waals surface area contributed by atoms with Gasteiger partial charge in [-0.15, -0.1) is 11.8 Å². The van der Waals surface area contributed by atoms with E-state index in [0.717, 1.165) is 31.2 Å². The molecule has 2 N–H and O–H groups in total. The summed E-state index contributed by atoms with van der Waals surface area (Å²) in [6, 6.07) is 0.420. The van der Waals surface area contributed by atoms with Crippen molar-refractivity contribution in [2.75, 3.05) is 18.8 Å². The third-order valence-electron chi connectivity index (χ3n) is 2.68. The van der Waals surface area contributed by atoms with Gasteiger partial charge in [-0.25, -0.2) is 0 Å². The Balaban J connectivity index is 1.59. The largest absolute Gasteiger partial charge is 0.353 e. The highest BCUT2D eigenvalue weighted by atomic mass is 32.2. The molecule has 1 aliphatic carbocycles. The lowest BCUT2D eigenvalue weighted by Crippen LogP contribution is -2.43. The smallest absolute Gasteiger partial charge is 0.230 e. The molecule has 0 spiro atoms. The second-order valence-corrected chi connectivity index (χ2v) is 5.39. The molecular formula is C10H18N2OS. The number of thioether (sulfide) groups is 1. The normalized spacial score (nSPS) is 23.4. The molecule has 0 atom stereocenters. The maximum Gasteiger partial charge on any atom is 0.230 e. The first-order chi connectivity index (χ1) is 6.84. The van der Waals surface area contributed by atoms with E-state index in [1.54, 1.807) is 0 Å². The van der Waals surface area contributed by atoms with Crippen molar-refractivity contribution in [2.45, 2.75) is 37.0 Å². The van der Waals surface area contributed by atoms with Crippen LogP contribution in [-0.2, 0) is 4.79 Å². The van der Waals surface area contributed by atoms with E-state index < -0.39 is 0 Å². The van der Waals surface area contributed by atoms with Crippen LogP contribution in [0.15, 0.2) is 0 Å². The first-order valence-electron chi connectivity index (χ1n) is 5.46. The number of hydrogen-bond acceptors (Lipinski definition) is 3. The lowest BCUT2D eigenvalue weighted by Gasteiger charge is -2.23. The van der Waals surface area contributed by atoms with E-state index in [1.165, 1.54) is 12.8 Å². The summed E-state index contributed by atoms with van der Waals surface area (Å²) in [6.45, 7) is 2.08. The summed E-state index contributed by atoms with van der Waals surface area (Å²) in [5.41, 5.74) is 0. The standard InChI is InChI=1S/C10H18N2OS/c13-10(7-14-9-1-2-9)12-8-3-5-11-6-4-8/h8-9,11H,1-7H2,(H,12,13). The lowest BCUT2D eigenvalue weighted by molar-refractivity contribution is -0.119. The van der Waals surface area contributed by atoms with E-state index in [2.05, 4.69) is 10.6 Å². The zero-order valence-electron chi connectivity index (χ0n) is 8.42. The van der Waals surface area contributed by atoms with Crippen LogP contribution in [0.5, 0.6) is 0 Å². The fourth-order valence-corrected chi connectivity index (χ4v) is 2.60. The highest BCUT2D eigenvalue weighted by molar-refractivity contribution is 8.00. The van der Waals surface area contributed by atoms with Crippen molar-refractivity contribution in [3.8, 4) is 0 Å². The van der Waals surface area contributed by atoms with E-state index >= 15 is 0 Å². The first-order valence-corrected chi connectivity index (χ1v) is 6.51. The van der Waals surface area contributed by atoms with Gasteiger partial charge in [0.1, 0.15) is 0 Å². The van der Waals surface area contributed by atoms with Crippen molar-refractivity contribution in [3.05, 3.63) is 0 Å². The van der Waals surface area contributed by atoms with E-state index in [9.17, 15) is 4.79 Å². The molecular weight excluding hydrogens is 196 g/mol. The SMILES string of the molecule is O=C(CSC1CC1)NC1CCNCC1. The van der Waals surface area contributed by atoms with Gasteiger partial charge in [0.05, 0.1) is 5.75 Å². The van der Waals surface area contributed by atoms with Crippen molar-refractivity contribution >= 4 is 17.7 Å². The molecule has 2 aliphatic rings. The van der Waals surface area contributed by atoms with Crippen LogP contribution in [0.2, 0.25) is 0 Å². The summed E-state index contributed by atoms with van der Waals surface area (Å²) in [5, 5.41) is 7.18. The Kier molecular flexibility index (Phi) is 3.70. The van der Waals surface area contributed by atoms with Crippen LogP contribution in [0, 0.1) is 0 Å². The van der Waals surface area contributed by atoms with Gasteiger partial charge in [-0.05, 0) is 38.8 Å². The minimum atomic E-state index is 0.230. The summed E-state index contributed by atoms with van der Waals surface area (Å²) < 4.78 is 0. The van der Waals surface area contributed by atoms with Crippen LogP contribution >= 0.6 is 11.8 Å². The highest BCUT2D eigenvalue weighted by Crippen LogP contribution is 2.33. The zero-order valence-corrected chi connectivity index (χ0v) is 9.24. The molecule has 1 amide bonds. The molecule has 0 aromatic rings. The molecule has 80 valence electrons. The molecule has 1 saturated carbocycles. The minimum Gasteiger partial charge on any atom is -0.353 e. The monoisotopic (exact) mass is 214 g/mol. The van der Waals surface area contributed by atoms with Gasteiger partial charge in [0.25, 0.3) is 0 Å². The van der Waals surface area contributed by atoms with Crippen LogP contribution in [0.1, 0.15) is 25.7 Å². The van der Waals surface area contributed by atoms with Crippen molar-refractivity contribution in [1.29, 1.82) is 0 Å². The van der Waals surface area contributed by atoms with Gasteiger partial charge in [-0.1, -0.05) is 0 Å². The maximum absolute atomic E-state index is 11.5.